The summed E-state index contributed by atoms with van der Waals surface area (Å²) >= 11 is 2.95. The van der Waals surface area contributed by atoms with E-state index in [1.165, 1.54) is 23.1 Å². The molecule has 0 unspecified atom stereocenters. The number of aliphatic imine (C=N–C) groups is 1. The first kappa shape index (κ1) is 12.4. The van der Waals surface area contributed by atoms with Crippen LogP contribution in [0.5, 0.6) is 5.75 Å². The molecule has 0 aliphatic carbocycles. The van der Waals surface area contributed by atoms with Gasteiger partial charge in [-0.1, -0.05) is 0 Å². The maximum Gasteiger partial charge on any atom is 0.329 e. The highest BCUT2D eigenvalue weighted by atomic mass is 32.2. The Bertz CT molecular complexity index is 681. The topological polar surface area (TPSA) is 71.8 Å². The van der Waals surface area contributed by atoms with Crippen molar-refractivity contribution < 1.29 is 14.6 Å². The van der Waals surface area contributed by atoms with E-state index in [0.29, 0.717) is 10.8 Å². The molecule has 1 aromatic carbocycles. The molecular weight excluding hydrogens is 284 g/mol. The Morgan fingerprint density at radius 2 is 2.37 bits per heavy atom. The summed E-state index contributed by atoms with van der Waals surface area (Å²) in [5, 5.41) is 10.4. The number of carboxylic acids is 1. The van der Waals surface area contributed by atoms with Crippen LogP contribution in [0.2, 0.25) is 0 Å². The van der Waals surface area contributed by atoms with Gasteiger partial charge in [0.25, 0.3) is 0 Å². The zero-order chi connectivity index (χ0) is 13.4. The van der Waals surface area contributed by atoms with E-state index in [1.54, 1.807) is 7.11 Å². The van der Waals surface area contributed by atoms with Crippen LogP contribution in [-0.2, 0) is 4.79 Å². The van der Waals surface area contributed by atoms with Crippen molar-refractivity contribution in [1.29, 1.82) is 0 Å². The van der Waals surface area contributed by atoms with Gasteiger partial charge in [-0.15, -0.1) is 23.1 Å². The van der Waals surface area contributed by atoms with Crippen molar-refractivity contribution in [2.45, 2.75) is 6.04 Å². The fourth-order valence-corrected chi connectivity index (χ4v) is 3.83. The SMILES string of the molecule is COc1ccc2nc(C3=N[C@@H](C(=O)O)CS3)sc2c1. The quantitative estimate of drug-likeness (QED) is 0.940. The average Bonchev–Trinajstić information content (AvgIpc) is 3.04. The van der Waals surface area contributed by atoms with Gasteiger partial charge in [0.15, 0.2) is 6.04 Å². The Morgan fingerprint density at radius 1 is 1.53 bits per heavy atom. The molecule has 0 amide bonds. The van der Waals surface area contributed by atoms with Gasteiger partial charge < -0.3 is 9.84 Å². The minimum absolute atomic E-state index is 0.476. The van der Waals surface area contributed by atoms with Crippen LogP contribution in [-0.4, -0.2) is 40.0 Å². The predicted octanol–water partition coefficient (Wildman–Crippen LogP) is 2.25. The van der Waals surface area contributed by atoms with Crippen LogP contribution in [0.4, 0.5) is 0 Å². The third kappa shape index (κ3) is 2.31. The van der Waals surface area contributed by atoms with Crippen LogP contribution >= 0.6 is 23.1 Å². The number of aromatic nitrogens is 1. The number of methoxy groups -OCH3 is 1. The number of hydrogen-bond acceptors (Lipinski definition) is 6. The van der Waals surface area contributed by atoms with Gasteiger partial charge in [0.05, 0.1) is 17.3 Å². The van der Waals surface area contributed by atoms with Gasteiger partial charge in [0.1, 0.15) is 15.8 Å². The van der Waals surface area contributed by atoms with Crippen molar-refractivity contribution >= 4 is 44.3 Å². The van der Waals surface area contributed by atoms with Crippen molar-refractivity contribution in [3.8, 4) is 5.75 Å². The van der Waals surface area contributed by atoms with E-state index < -0.39 is 12.0 Å². The van der Waals surface area contributed by atoms with Gasteiger partial charge in [-0.05, 0) is 18.2 Å². The molecule has 19 heavy (non-hydrogen) atoms. The highest BCUT2D eigenvalue weighted by molar-refractivity contribution is 8.15. The summed E-state index contributed by atoms with van der Waals surface area (Å²) in [6, 6.07) is 5.02. The molecule has 1 aromatic heterocycles. The molecule has 2 heterocycles. The van der Waals surface area contributed by atoms with Crippen LogP contribution in [0.15, 0.2) is 23.2 Å². The molecule has 98 valence electrons. The highest BCUT2D eigenvalue weighted by Crippen LogP contribution is 2.31. The largest absolute Gasteiger partial charge is 0.497 e. The van der Waals surface area contributed by atoms with E-state index in [1.807, 2.05) is 18.2 Å². The van der Waals surface area contributed by atoms with E-state index in [9.17, 15) is 4.79 Å². The number of thiazole rings is 1. The second kappa shape index (κ2) is 4.82. The molecule has 7 heteroatoms. The number of thioether (sulfide) groups is 1. The van der Waals surface area contributed by atoms with E-state index >= 15 is 0 Å². The van der Waals surface area contributed by atoms with E-state index in [0.717, 1.165) is 21.0 Å². The van der Waals surface area contributed by atoms with Crippen molar-refractivity contribution in [3.05, 3.63) is 23.2 Å². The minimum Gasteiger partial charge on any atom is -0.497 e. The third-order valence-electron chi connectivity index (χ3n) is 2.71. The fourth-order valence-electron chi connectivity index (χ4n) is 1.74. The number of rotatable bonds is 3. The number of ether oxygens (including phenoxy) is 1. The first-order valence-electron chi connectivity index (χ1n) is 5.56. The lowest BCUT2D eigenvalue weighted by molar-refractivity contribution is -0.137. The first-order chi connectivity index (χ1) is 9.17. The number of carbonyl (C=O) groups is 1. The normalized spacial score (nSPS) is 18.6. The monoisotopic (exact) mass is 294 g/mol. The molecule has 3 rings (SSSR count). The Balaban J connectivity index is 1.98. The lowest BCUT2D eigenvalue weighted by Crippen LogP contribution is -2.17. The molecule has 5 nitrogen and oxygen atoms in total. The van der Waals surface area contributed by atoms with Gasteiger partial charge >= 0.3 is 5.97 Å². The molecule has 1 atom stereocenters. The third-order valence-corrected chi connectivity index (χ3v) is 4.92. The van der Waals surface area contributed by atoms with Crippen molar-refractivity contribution in [3.63, 3.8) is 0 Å². The molecule has 0 spiro atoms. The molecule has 0 radical (unpaired) electrons. The summed E-state index contributed by atoms with van der Waals surface area (Å²) in [4.78, 5) is 19.6. The van der Waals surface area contributed by atoms with Crippen molar-refractivity contribution in [1.82, 2.24) is 4.98 Å². The molecular formula is C12H10N2O3S2. The molecule has 0 fully saturated rings. The van der Waals surface area contributed by atoms with Gasteiger partial charge in [-0.3, -0.25) is 4.99 Å². The number of aliphatic carboxylic acids is 1. The Morgan fingerprint density at radius 3 is 3.05 bits per heavy atom. The van der Waals surface area contributed by atoms with Crippen LogP contribution in [0.1, 0.15) is 5.01 Å². The lowest BCUT2D eigenvalue weighted by atomic mass is 10.3. The van der Waals surface area contributed by atoms with E-state index in [4.69, 9.17) is 9.84 Å². The number of nitrogens with zero attached hydrogens (tertiary/aromatic N) is 2. The Hall–Kier alpha value is -1.60. The fraction of sp³-hybridized carbons (Fsp3) is 0.250. The van der Waals surface area contributed by atoms with Gasteiger partial charge in [0, 0.05) is 5.75 Å². The molecule has 0 bridgehead atoms. The second-order valence-electron chi connectivity index (χ2n) is 3.95. The maximum atomic E-state index is 10.9. The standard InChI is InChI=1S/C12H10N2O3S2/c1-17-6-2-3-7-9(4-6)19-11(13-7)10-14-8(5-18-10)12(15)16/h2-4,8H,5H2,1H3,(H,15,16)/t8-/m1/s1. The van der Waals surface area contributed by atoms with Crippen LogP contribution < -0.4 is 4.74 Å². The highest BCUT2D eigenvalue weighted by Gasteiger charge is 2.26. The Labute approximate surface area is 117 Å². The minimum atomic E-state index is -0.884. The summed E-state index contributed by atoms with van der Waals surface area (Å²) in [5.74, 6) is 0.376. The van der Waals surface area contributed by atoms with Gasteiger partial charge in [-0.25, -0.2) is 9.78 Å². The smallest absolute Gasteiger partial charge is 0.329 e. The molecule has 0 saturated heterocycles. The molecule has 0 saturated carbocycles. The van der Waals surface area contributed by atoms with Crippen LogP contribution in [0.3, 0.4) is 0 Å². The number of fused-ring (bicyclic) bond motifs is 1. The van der Waals surface area contributed by atoms with Gasteiger partial charge in [0.2, 0.25) is 0 Å². The predicted molar refractivity (Wildman–Crippen MR) is 76.6 cm³/mol. The molecule has 1 aliphatic heterocycles. The number of carboxylic acid groups (broad SMARTS) is 1. The van der Waals surface area contributed by atoms with Gasteiger partial charge in [-0.2, -0.15) is 0 Å². The van der Waals surface area contributed by atoms with Crippen LogP contribution in [0.25, 0.3) is 10.2 Å². The van der Waals surface area contributed by atoms with Crippen LogP contribution in [0, 0.1) is 0 Å². The zero-order valence-electron chi connectivity index (χ0n) is 9.99. The summed E-state index contributed by atoms with van der Waals surface area (Å²) in [5.41, 5.74) is 0.878. The zero-order valence-corrected chi connectivity index (χ0v) is 11.6. The molecule has 2 aromatic rings. The first-order valence-corrected chi connectivity index (χ1v) is 7.36. The van der Waals surface area contributed by atoms with Crippen molar-refractivity contribution in [2.75, 3.05) is 12.9 Å². The summed E-state index contributed by atoms with van der Waals surface area (Å²) in [6.07, 6.45) is 0. The van der Waals surface area contributed by atoms with E-state index in [2.05, 4.69) is 9.98 Å². The summed E-state index contributed by atoms with van der Waals surface area (Å²) < 4.78 is 6.18. The number of hydrogen-bond donors (Lipinski definition) is 1. The summed E-state index contributed by atoms with van der Waals surface area (Å²) in [7, 11) is 1.62. The summed E-state index contributed by atoms with van der Waals surface area (Å²) in [6.45, 7) is 0. The number of benzene rings is 1. The van der Waals surface area contributed by atoms with Crippen molar-refractivity contribution in [2.24, 2.45) is 4.99 Å². The Kier molecular flexibility index (Phi) is 3.16. The maximum absolute atomic E-state index is 10.9. The van der Waals surface area contributed by atoms with E-state index in [-0.39, 0.29) is 0 Å². The molecule has 1 N–H and O–H groups in total. The molecule has 1 aliphatic rings. The average molecular weight is 294 g/mol. The second-order valence-corrected chi connectivity index (χ2v) is 5.99. The lowest BCUT2D eigenvalue weighted by Gasteiger charge is -1.96.